The Labute approximate surface area is 182 Å². The van der Waals surface area contributed by atoms with Crippen LogP contribution in [0.15, 0.2) is 37.7 Å². The van der Waals surface area contributed by atoms with Gasteiger partial charge in [-0.05, 0) is 48.9 Å². The van der Waals surface area contributed by atoms with Crippen molar-refractivity contribution in [2.75, 3.05) is 18.0 Å². The van der Waals surface area contributed by atoms with E-state index in [0.29, 0.717) is 33.1 Å². The monoisotopic (exact) mass is 466 g/mol. The molecular weight excluding hydrogens is 451 g/mol. The highest BCUT2D eigenvalue weighted by Crippen LogP contribution is 2.43. The summed E-state index contributed by atoms with van der Waals surface area (Å²) in [5.74, 6) is 0. The number of hydrogen-bond acceptors (Lipinski definition) is 7. The molecule has 0 unspecified atom stereocenters. The van der Waals surface area contributed by atoms with Crippen LogP contribution in [0.1, 0.15) is 24.0 Å². The first-order valence-electron chi connectivity index (χ1n) is 9.40. The van der Waals surface area contributed by atoms with Crippen molar-refractivity contribution in [3.63, 3.8) is 0 Å². The van der Waals surface area contributed by atoms with Crippen LogP contribution in [-0.2, 0) is 23.0 Å². The molecule has 2 aromatic carbocycles. The Morgan fingerprint density at radius 1 is 1.07 bits per heavy atom. The van der Waals surface area contributed by atoms with E-state index in [-0.39, 0.29) is 16.6 Å². The minimum Gasteiger partial charge on any atom is -0.421 e. The van der Waals surface area contributed by atoms with Gasteiger partial charge in [-0.15, -0.1) is 5.11 Å². The Morgan fingerprint density at radius 2 is 1.80 bits per heavy atom. The van der Waals surface area contributed by atoms with E-state index in [9.17, 15) is 13.0 Å². The average molecular weight is 467 g/mol. The minimum absolute atomic E-state index is 0.0717. The summed E-state index contributed by atoms with van der Waals surface area (Å²) in [6.07, 6.45) is 3.15. The highest BCUT2D eigenvalue weighted by molar-refractivity contribution is 7.86. The Kier molecular flexibility index (Phi) is 4.73. The molecule has 0 atom stereocenters. The van der Waals surface area contributed by atoms with Gasteiger partial charge in [-0.2, -0.15) is 13.4 Å². The van der Waals surface area contributed by atoms with Crippen molar-refractivity contribution < 1.29 is 17.4 Å². The number of aryl methyl sites for hydroxylation is 1. The fourth-order valence-corrected chi connectivity index (χ4v) is 5.41. The van der Waals surface area contributed by atoms with E-state index in [0.717, 1.165) is 43.6 Å². The second-order valence-corrected chi connectivity index (χ2v) is 9.48. The van der Waals surface area contributed by atoms with Crippen LogP contribution in [0.2, 0.25) is 10.0 Å². The molecular formula is C19H16Cl2N4O4S. The van der Waals surface area contributed by atoms with Gasteiger partial charge in [0.15, 0.2) is 5.58 Å². The molecule has 0 bridgehead atoms. The molecule has 156 valence electrons. The van der Waals surface area contributed by atoms with Gasteiger partial charge in [-0.25, -0.2) is 0 Å². The number of oxazole rings is 1. The lowest BCUT2D eigenvalue weighted by Crippen LogP contribution is -2.35. The van der Waals surface area contributed by atoms with Gasteiger partial charge in [0.2, 0.25) is 0 Å². The van der Waals surface area contributed by atoms with Gasteiger partial charge in [0.1, 0.15) is 16.1 Å². The van der Waals surface area contributed by atoms with Crippen LogP contribution >= 0.6 is 23.2 Å². The van der Waals surface area contributed by atoms with Crippen LogP contribution in [0.4, 0.5) is 17.4 Å². The molecule has 0 saturated carbocycles. The van der Waals surface area contributed by atoms with Crippen molar-refractivity contribution in [1.29, 1.82) is 0 Å². The molecule has 0 amide bonds. The lowest BCUT2D eigenvalue weighted by molar-refractivity contribution is 0.481. The second-order valence-electron chi connectivity index (χ2n) is 7.31. The second kappa shape index (κ2) is 7.19. The lowest BCUT2D eigenvalue weighted by Gasteiger charge is -2.37. The van der Waals surface area contributed by atoms with Crippen molar-refractivity contribution >= 4 is 61.8 Å². The van der Waals surface area contributed by atoms with Crippen molar-refractivity contribution in [2.45, 2.75) is 30.6 Å². The topological polar surface area (TPSA) is 108 Å². The van der Waals surface area contributed by atoms with Gasteiger partial charge < -0.3 is 9.32 Å². The first-order valence-corrected chi connectivity index (χ1v) is 11.6. The lowest BCUT2D eigenvalue weighted by atomic mass is 9.91. The first kappa shape index (κ1) is 19.7. The summed E-state index contributed by atoms with van der Waals surface area (Å²) >= 11 is 12.0. The molecule has 0 radical (unpaired) electrons. The summed E-state index contributed by atoms with van der Waals surface area (Å²) in [5.41, 5.74) is 3.42. The fraction of sp³-hybridized carbons (Fsp3) is 0.316. The molecule has 0 spiro atoms. The zero-order valence-electron chi connectivity index (χ0n) is 15.6. The van der Waals surface area contributed by atoms with Crippen LogP contribution in [0, 0.1) is 0 Å². The van der Waals surface area contributed by atoms with Crippen molar-refractivity contribution in [3.05, 3.63) is 39.4 Å². The number of rotatable bonds is 3. The van der Waals surface area contributed by atoms with Gasteiger partial charge in [-0.1, -0.05) is 28.3 Å². The Hall–Kier alpha value is -2.20. The van der Waals surface area contributed by atoms with Crippen LogP contribution in [-0.4, -0.2) is 31.0 Å². The Balaban J connectivity index is 1.64. The number of aromatic nitrogens is 1. The highest BCUT2D eigenvalue weighted by atomic mass is 35.5. The highest BCUT2D eigenvalue weighted by Gasteiger charge is 2.32. The number of fused-ring (bicyclic) bond motifs is 1. The quantitative estimate of drug-likeness (QED) is 0.403. The first-order chi connectivity index (χ1) is 14.3. The maximum Gasteiger partial charge on any atom is 0.341 e. The van der Waals surface area contributed by atoms with E-state index < -0.39 is 10.1 Å². The molecule has 11 heteroatoms. The van der Waals surface area contributed by atoms with Crippen LogP contribution in [0.5, 0.6) is 0 Å². The average Bonchev–Trinajstić information content (AvgIpc) is 3.07. The molecule has 8 nitrogen and oxygen atoms in total. The van der Waals surface area contributed by atoms with Gasteiger partial charge in [0, 0.05) is 24.8 Å². The smallest absolute Gasteiger partial charge is 0.341 e. The van der Waals surface area contributed by atoms with Gasteiger partial charge >= 0.3 is 6.01 Å². The van der Waals surface area contributed by atoms with Gasteiger partial charge in [0.25, 0.3) is 10.1 Å². The molecule has 3 aromatic rings. The number of azo groups is 1. The van der Waals surface area contributed by atoms with E-state index in [1.165, 1.54) is 6.07 Å². The normalized spacial score (nSPS) is 16.4. The molecule has 1 N–H and O–H groups in total. The zero-order chi connectivity index (χ0) is 21.0. The van der Waals surface area contributed by atoms with Crippen molar-refractivity contribution in [2.24, 2.45) is 10.2 Å². The number of hydrogen-bond donors (Lipinski definition) is 1. The molecule has 30 heavy (non-hydrogen) atoms. The summed E-state index contributed by atoms with van der Waals surface area (Å²) in [5, 5.41) is 8.72. The molecule has 5 rings (SSSR count). The molecule has 0 saturated heterocycles. The van der Waals surface area contributed by atoms with Crippen LogP contribution < -0.4 is 4.90 Å². The summed E-state index contributed by atoms with van der Waals surface area (Å²) in [6.45, 7) is 1.75. The van der Waals surface area contributed by atoms with Crippen LogP contribution in [0.3, 0.4) is 0 Å². The summed E-state index contributed by atoms with van der Waals surface area (Å²) in [7, 11) is -4.51. The number of anilines is 1. The predicted molar refractivity (Wildman–Crippen MR) is 113 cm³/mol. The standard InChI is InChI=1S/C19H16Cl2N4O4S/c20-12-8-14-16(9-13(12)21)29-19(22-14)24-23-15-7-10-3-1-5-25-6-2-4-11(17(10)25)18(15)30(26,27)28/h7-9H,1-6H2,(H,26,27,28). The molecule has 3 heterocycles. The number of benzene rings is 2. The van der Waals surface area contributed by atoms with E-state index >= 15 is 0 Å². The van der Waals surface area contributed by atoms with Gasteiger partial charge in [0.05, 0.1) is 10.0 Å². The van der Waals surface area contributed by atoms with E-state index in [1.54, 1.807) is 12.1 Å². The van der Waals surface area contributed by atoms with Crippen molar-refractivity contribution in [3.8, 4) is 0 Å². The summed E-state index contributed by atoms with van der Waals surface area (Å²) < 4.78 is 40.0. The van der Waals surface area contributed by atoms with Crippen molar-refractivity contribution in [1.82, 2.24) is 4.98 Å². The third kappa shape index (κ3) is 3.35. The number of halogens is 2. The molecule has 0 fully saturated rings. The third-order valence-corrected chi connectivity index (χ3v) is 7.07. The number of nitrogens with zero attached hydrogens (tertiary/aromatic N) is 4. The van der Waals surface area contributed by atoms with E-state index in [2.05, 4.69) is 20.1 Å². The predicted octanol–water partition coefficient (Wildman–Crippen LogP) is 5.50. The molecule has 2 aliphatic rings. The largest absolute Gasteiger partial charge is 0.421 e. The van der Waals surface area contributed by atoms with Crippen LogP contribution in [0.25, 0.3) is 11.1 Å². The van der Waals surface area contributed by atoms with E-state index in [4.69, 9.17) is 27.6 Å². The third-order valence-electron chi connectivity index (χ3n) is 5.37. The Bertz CT molecular complexity index is 1280. The minimum atomic E-state index is -4.51. The molecule has 1 aromatic heterocycles. The van der Waals surface area contributed by atoms with E-state index in [1.807, 2.05) is 0 Å². The SMILES string of the molecule is O=S(=O)(O)c1c(N=Nc2nc3cc(Cl)c(Cl)cc3o2)cc2c3c1CCCN3CCC2. The zero-order valence-corrected chi connectivity index (χ0v) is 17.9. The Morgan fingerprint density at radius 3 is 2.57 bits per heavy atom. The maximum absolute atomic E-state index is 12.2. The van der Waals surface area contributed by atoms with Gasteiger partial charge in [-0.3, -0.25) is 4.55 Å². The fourth-order valence-electron chi connectivity index (χ4n) is 4.23. The molecule has 0 aliphatic carbocycles. The summed E-state index contributed by atoms with van der Waals surface area (Å²) in [6, 6.07) is 4.67. The molecule has 2 aliphatic heterocycles. The maximum atomic E-state index is 12.2. The summed E-state index contributed by atoms with van der Waals surface area (Å²) in [4.78, 5) is 6.17.